The fraction of sp³-hybridized carbons (Fsp3) is 0.923. The Morgan fingerprint density at radius 1 is 1.53 bits per heavy atom. The normalized spacial score (nSPS) is 22.2. The summed E-state index contributed by atoms with van der Waals surface area (Å²) in [7, 11) is 0. The molecule has 0 aromatic heterocycles. The number of hydrogen-bond acceptors (Lipinski definition) is 3. The number of aliphatic hydroxyl groups excluding tert-OH is 1. The molecule has 0 radical (unpaired) electrons. The number of likely N-dealkylation sites (tertiary alicyclic amines) is 1. The Morgan fingerprint density at radius 2 is 2.24 bits per heavy atom. The van der Waals surface area contributed by atoms with E-state index in [2.05, 4.69) is 13.8 Å². The number of rotatable bonds is 6. The first-order valence-electron chi connectivity index (χ1n) is 6.65. The summed E-state index contributed by atoms with van der Waals surface area (Å²) in [5.41, 5.74) is 5.71. The summed E-state index contributed by atoms with van der Waals surface area (Å²) in [6, 6.07) is 0. The molecule has 1 heterocycles. The second-order valence-electron chi connectivity index (χ2n) is 5.61. The van der Waals surface area contributed by atoms with Gasteiger partial charge in [0.05, 0.1) is 0 Å². The number of nitrogens with zero attached hydrogens (tertiary/aromatic N) is 1. The third kappa shape index (κ3) is 4.64. The van der Waals surface area contributed by atoms with E-state index in [1.807, 2.05) is 4.90 Å². The number of hydrogen-bond donors (Lipinski definition) is 2. The second-order valence-corrected chi connectivity index (χ2v) is 5.61. The van der Waals surface area contributed by atoms with Crippen molar-refractivity contribution in [1.82, 2.24) is 4.90 Å². The summed E-state index contributed by atoms with van der Waals surface area (Å²) in [5, 5.41) is 9.05. The van der Waals surface area contributed by atoms with E-state index < -0.39 is 0 Å². The highest BCUT2D eigenvalue weighted by atomic mass is 16.3. The highest BCUT2D eigenvalue weighted by Crippen LogP contribution is 2.20. The molecule has 100 valence electrons. The molecule has 3 N–H and O–H groups in total. The van der Waals surface area contributed by atoms with Gasteiger partial charge in [0.25, 0.3) is 0 Å². The highest BCUT2D eigenvalue weighted by Gasteiger charge is 2.26. The van der Waals surface area contributed by atoms with Gasteiger partial charge in [-0.2, -0.15) is 0 Å². The molecule has 4 heteroatoms. The first-order valence-corrected chi connectivity index (χ1v) is 6.65. The van der Waals surface area contributed by atoms with Gasteiger partial charge in [0.2, 0.25) is 5.91 Å². The van der Waals surface area contributed by atoms with Gasteiger partial charge >= 0.3 is 0 Å². The number of aliphatic hydroxyl groups is 1. The summed E-state index contributed by atoms with van der Waals surface area (Å²) >= 11 is 0. The Labute approximate surface area is 104 Å². The monoisotopic (exact) mass is 242 g/mol. The first kappa shape index (κ1) is 14.5. The Hall–Kier alpha value is -0.610. The molecule has 1 saturated heterocycles. The van der Waals surface area contributed by atoms with E-state index >= 15 is 0 Å². The predicted octanol–water partition coefficient (Wildman–Crippen LogP) is 0.838. The molecule has 1 aliphatic heterocycles. The zero-order valence-corrected chi connectivity index (χ0v) is 11.1. The van der Waals surface area contributed by atoms with Gasteiger partial charge in [-0.25, -0.2) is 0 Å². The van der Waals surface area contributed by atoms with Crippen molar-refractivity contribution in [3.05, 3.63) is 0 Å². The van der Waals surface area contributed by atoms with Crippen LogP contribution in [0.4, 0.5) is 0 Å². The van der Waals surface area contributed by atoms with Gasteiger partial charge in [-0.3, -0.25) is 4.79 Å². The Kier molecular flexibility index (Phi) is 5.92. The maximum Gasteiger partial charge on any atom is 0.222 e. The number of carbonyl (C=O) groups is 1. The van der Waals surface area contributed by atoms with E-state index in [1.54, 1.807) is 0 Å². The lowest BCUT2D eigenvalue weighted by Gasteiger charge is -2.21. The van der Waals surface area contributed by atoms with Crippen LogP contribution in [0.1, 0.15) is 33.1 Å². The Bertz CT molecular complexity index is 244. The molecular weight excluding hydrogens is 216 g/mol. The van der Waals surface area contributed by atoms with Gasteiger partial charge in [-0.15, -0.1) is 0 Å². The van der Waals surface area contributed by atoms with E-state index in [-0.39, 0.29) is 18.4 Å². The minimum Gasteiger partial charge on any atom is -0.396 e. The van der Waals surface area contributed by atoms with Crippen molar-refractivity contribution in [1.29, 1.82) is 0 Å². The third-order valence-corrected chi connectivity index (χ3v) is 3.50. The maximum absolute atomic E-state index is 12.0. The van der Waals surface area contributed by atoms with E-state index in [0.29, 0.717) is 31.3 Å². The van der Waals surface area contributed by atoms with Crippen LogP contribution < -0.4 is 5.73 Å². The van der Waals surface area contributed by atoms with E-state index in [4.69, 9.17) is 10.8 Å². The average molecular weight is 242 g/mol. The van der Waals surface area contributed by atoms with Crippen molar-refractivity contribution in [3.63, 3.8) is 0 Å². The zero-order valence-electron chi connectivity index (χ0n) is 11.1. The molecule has 2 unspecified atom stereocenters. The molecule has 0 bridgehead atoms. The smallest absolute Gasteiger partial charge is 0.222 e. The SMILES string of the molecule is CC(C)CC(CN)CC(=O)N1CCC(CO)C1. The number of amides is 1. The second kappa shape index (κ2) is 6.97. The molecule has 1 rings (SSSR count). The van der Waals surface area contributed by atoms with Crippen molar-refractivity contribution in [2.45, 2.75) is 33.1 Å². The minimum atomic E-state index is 0.191. The standard InChI is InChI=1S/C13H26N2O2/c1-10(2)5-12(7-14)6-13(17)15-4-3-11(8-15)9-16/h10-12,16H,3-9,14H2,1-2H3. The Morgan fingerprint density at radius 3 is 2.71 bits per heavy atom. The molecule has 0 aromatic rings. The fourth-order valence-corrected chi connectivity index (χ4v) is 2.51. The van der Waals surface area contributed by atoms with E-state index in [0.717, 1.165) is 19.4 Å². The summed E-state index contributed by atoms with van der Waals surface area (Å²) in [5.74, 6) is 1.37. The summed E-state index contributed by atoms with van der Waals surface area (Å²) in [6.45, 7) is 6.60. The van der Waals surface area contributed by atoms with Gasteiger partial charge in [-0.1, -0.05) is 13.8 Å². The molecule has 0 aliphatic carbocycles. The average Bonchev–Trinajstić information content (AvgIpc) is 2.75. The summed E-state index contributed by atoms with van der Waals surface area (Å²) in [6.07, 6.45) is 2.51. The molecule has 0 spiro atoms. The van der Waals surface area contributed by atoms with Crippen molar-refractivity contribution in [3.8, 4) is 0 Å². The highest BCUT2D eigenvalue weighted by molar-refractivity contribution is 5.76. The van der Waals surface area contributed by atoms with Crippen LogP contribution in [0.3, 0.4) is 0 Å². The predicted molar refractivity (Wildman–Crippen MR) is 68.4 cm³/mol. The number of carbonyl (C=O) groups excluding carboxylic acids is 1. The van der Waals surface area contributed by atoms with Crippen LogP contribution in [0.2, 0.25) is 0 Å². The molecule has 4 nitrogen and oxygen atoms in total. The Balaban J connectivity index is 2.37. The quantitative estimate of drug-likeness (QED) is 0.725. The molecule has 1 amide bonds. The molecule has 1 fully saturated rings. The van der Waals surface area contributed by atoms with Gasteiger partial charge < -0.3 is 15.7 Å². The molecule has 17 heavy (non-hydrogen) atoms. The largest absolute Gasteiger partial charge is 0.396 e. The molecule has 0 saturated carbocycles. The zero-order chi connectivity index (χ0) is 12.8. The molecular formula is C13H26N2O2. The van der Waals surface area contributed by atoms with Gasteiger partial charge in [0.1, 0.15) is 0 Å². The lowest BCUT2D eigenvalue weighted by atomic mass is 9.94. The topological polar surface area (TPSA) is 66.6 Å². The lowest BCUT2D eigenvalue weighted by molar-refractivity contribution is -0.131. The summed E-state index contributed by atoms with van der Waals surface area (Å²) < 4.78 is 0. The minimum absolute atomic E-state index is 0.191. The van der Waals surface area contributed by atoms with Gasteiger partial charge in [-0.05, 0) is 31.2 Å². The fourth-order valence-electron chi connectivity index (χ4n) is 2.51. The van der Waals surface area contributed by atoms with Crippen LogP contribution in [0.5, 0.6) is 0 Å². The van der Waals surface area contributed by atoms with Crippen molar-refractivity contribution in [2.24, 2.45) is 23.5 Å². The van der Waals surface area contributed by atoms with Crippen LogP contribution in [0.15, 0.2) is 0 Å². The van der Waals surface area contributed by atoms with Gasteiger partial charge in [0.15, 0.2) is 0 Å². The van der Waals surface area contributed by atoms with Gasteiger partial charge in [0, 0.05) is 32.0 Å². The number of nitrogens with two attached hydrogens (primary N) is 1. The molecule has 0 aromatic carbocycles. The van der Waals surface area contributed by atoms with Crippen molar-refractivity contribution >= 4 is 5.91 Å². The molecule has 1 aliphatic rings. The van der Waals surface area contributed by atoms with Crippen LogP contribution in [0.25, 0.3) is 0 Å². The maximum atomic E-state index is 12.0. The molecule has 2 atom stereocenters. The van der Waals surface area contributed by atoms with E-state index in [1.165, 1.54) is 0 Å². The van der Waals surface area contributed by atoms with E-state index in [9.17, 15) is 4.79 Å². The van der Waals surface area contributed by atoms with Crippen molar-refractivity contribution in [2.75, 3.05) is 26.2 Å². The van der Waals surface area contributed by atoms with Crippen molar-refractivity contribution < 1.29 is 9.90 Å². The lowest BCUT2D eigenvalue weighted by Crippen LogP contribution is -2.32. The van der Waals surface area contributed by atoms with Crippen LogP contribution in [-0.2, 0) is 4.79 Å². The first-order chi connectivity index (χ1) is 8.06. The third-order valence-electron chi connectivity index (χ3n) is 3.50. The summed E-state index contributed by atoms with van der Waals surface area (Å²) in [4.78, 5) is 13.9. The van der Waals surface area contributed by atoms with Crippen LogP contribution in [-0.4, -0.2) is 42.2 Å². The van der Waals surface area contributed by atoms with Crippen LogP contribution in [0, 0.1) is 17.8 Å². The van der Waals surface area contributed by atoms with Crippen LogP contribution >= 0.6 is 0 Å².